The van der Waals surface area contributed by atoms with Gasteiger partial charge in [0, 0.05) is 6.17 Å². The topological polar surface area (TPSA) is 29.1 Å². The summed E-state index contributed by atoms with van der Waals surface area (Å²) in [4.78, 5) is 11.8. The second kappa shape index (κ2) is 5.13. The van der Waals surface area contributed by atoms with Gasteiger partial charge in [-0.1, -0.05) is 31.8 Å². The van der Waals surface area contributed by atoms with Crippen LogP contribution >= 0.6 is 0 Å². The first kappa shape index (κ1) is 14.8. The van der Waals surface area contributed by atoms with E-state index in [0.717, 1.165) is 6.07 Å². The van der Waals surface area contributed by atoms with Crippen molar-refractivity contribution in [3.63, 3.8) is 0 Å². The van der Waals surface area contributed by atoms with Gasteiger partial charge in [0.05, 0.1) is 19.2 Å². The molecule has 0 saturated heterocycles. The smallest absolute Gasteiger partial charge is 0.355 e. The Kier molecular flexibility index (Phi) is 4.21. The van der Waals surface area contributed by atoms with Crippen LogP contribution in [0.1, 0.15) is 15.9 Å². The van der Waals surface area contributed by atoms with Crippen LogP contribution < -0.4 is 5.32 Å². The Morgan fingerprint density at radius 3 is 2.28 bits per heavy atom. The molecule has 0 aliphatic heterocycles. The number of hydrogen-bond donors (Lipinski definition) is 1. The number of alkyl halides is 3. The van der Waals surface area contributed by atoms with Crippen molar-refractivity contribution in [1.82, 2.24) is 5.32 Å². The molecule has 0 radical (unpaired) electrons. The molecular weight excluding hydrogens is 259 g/mol. The van der Waals surface area contributed by atoms with E-state index in [1.165, 1.54) is 18.2 Å². The lowest BCUT2D eigenvalue weighted by Crippen LogP contribution is -2.40. The third-order valence-corrected chi connectivity index (χ3v) is 3.49. The van der Waals surface area contributed by atoms with Gasteiger partial charge in [-0.3, -0.25) is 4.79 Å². The van der Waals surface area contributed by atoms with Gasteiger partial charge in [-0.05, 0) is 12.1 Å². The molecule has 1 rings (SSSR count). The number of amides is 1. The lowest BCUT2D eigenvalue weighted by atomic mass is 10.1. The van der Waals surface area contributed by atoms with Crippen molar-refractivity contribution >= 4 is 14.0 Å². The fraction of sp³-hybridized carbons (Fsp3) is 0.417. The number of benzene rings is 1. The van der Waals surface area contributed by atoms with E-state index in [1.807, 2.05) is 19.6 Å². The Bertz CT molecular complexity index is 438. The summed E-state index contributed by atoms with van der Waals surface area (Å²) in [6, 6.07) is 4.82. The first-order chi connectivity index (χ1) is 8.11. The summed E-state index contributed by atoms with van der Waals surface area (Å²) in [5.41, 5.74) is -1.21. The standard InChI is InChI=1S/C12H16F3NOSi/c1-18(2,3)8-16-11(17)9-6-4-5-7-10(9)12(13,14)15/h4-7H,8H2,1-3H3,(H,16,17). The predicted octanol–water partition coefficient (Wildman–Crippen LogP) is 3.31. The quantitative estimate of drug-likeness (QED) is 0.842. The normalized spacial score (nSPS) is 12.3. The number of nitrogens with one attached hydrogen (secondary N) is 1. The van der Waals surface area contributed by atoms with E-state index in [0.29, 0.717) is 6.17 Å². The molecule has 1 amide bonds. The van der Waals surface area contributed by atoms with Gasteiger partial charge in [0.1, 0.15) is 0 Å². The third-order valence-electron chi connectivity index (χ3n) is 2.26. The Labute approximate surface area is 105 Å². The molecule has 1 aromatic carbocycles. The van der Waals surface area contributed by atoms with Crippen LogP contribution in [0.15, 0.2) is 24.3 Å². The number of carbonyl (C=O) groups is 1. The third kappa shape index (κ3) is 4.18. The minimum Gasteiger partial charge on any atom is -0.355 e. The Morgan fingerprint density at radius 1 is 1.22 bits per heavy atom. The predicted molar refractivity (Wildman–Crippen MR) is 67.1 cm³/mol. The van der Waals surface area contributed by atoms with Crippen LogP contribution in [-0.2, 0) is 6.18 Å². The highest BCUT2D eigenvalue weighted by Gasteiger charge is 2.34. The van der Waals surface area contributed by atoms with Crippen LogP contribution in [0.25, 0.3) is 0 Å². The van der Waals surface area contributed by atoms with Crippen molar-refractivity contribution in [2.75, 3.05) is 6.17 Å². The van der Waals surface area contributed by atoms with E-state index in [-0.39, 0.29) is 5.56 Å². The van der Waals surface area contributed by atoms with Gasteiger partial charge >= 0.3 is 6.18 Å². The van der Waals surface area contributed by atoms with Crippen LogP contribution in [0.5, 0.6) is 0 Å². The summed E-state index contributed by atoms with van der Waals surface area (Å²) in [6.45, 7) is 6.09. The minimum atomic E-state index is -4.51. The molecule has 0 aromatic heterocycles. The highest BCUT2D eigenvalue weighted by molar-refractivity contribution is 6.76. The van der Waals surface area contributed by atoms with Gasteiger partial charge in [-0.2, -0.15) is 13.2 Å². The molecule has 0 unspecified atom stereocenters. The van der Waals surface area contributed by atoms with Crippen molar-refractivity contribution in [3.8, 4) is 0 Å². The summed E-state index contributed by atoms with van der Waals surface area (Å²) in [6.07, 6.45) is -4.05. The lowest BCUT2D eigenvalue weighted by Gasteiger charge is -2.18. The maximum atomic E-state index is 12.7. The largest absolute Gasteiger partial charge is 0.417 e. The van der Waals surface area contributed by atoms with Gasteiger partial charge in [-0.15, -0.1) is 0 Å². The van der Waals surface area contributed by atoms with Crippen LogP contribution in [-0.4, -0.2) is 20.1 Å². The second-order valence-corrected chi connectivity index (χ2v) is 10.8. The zero-order chi connectivity index (χ0) is 14.0. The maximum Gasteiger partial charge on any atom is 0.417 e. The molecule has 0 fully saturated rings. The van der Waals surface area contributed by atoms with Crippen LogP contribution in [0.4, 0.5) is 13.2 Å². The SMILES string of the molecule is C[Si](C)(C)CNC(=O)c1ccccc1C(F)(F)F. The number of hydrogen-bond acceptors (Lipinski definition) is 1. The van der Waals surface area contributed by atoms with Crippen molar-refractivity contribution in [3.05, 3.63) is 35.4 Å². The van der Waals surface area contributed by atoms with Gasteiger partial charge in [0.2, 0.25) is 0 Å². The zero-order valence-electron chi connectivity index (χ0n) is 10.6. The molecule has 0 aliphatic rings. The molecule has 0 aliphatic carbocycles. The molecule has 0 saturated carbocycles. The fourth-order valence-electron chi connectivity index (χ4n) is 1.37. The van der Waals surface area contributed by atoms with Gasteiger partial charge in [0.25, 0.3) is 5.91 Å². The highest BCUT2D eigenvalue weighted by Crippen LogP contribution is 2.31. The molecule has 100 valence electrons. The molecular formula is C12H16F3NOSi. The molecule has 0 spiro atoms. The molecule has 0 heterocycles. The monoisotopic (exact) mass is 275 g/mol. The zero-order valence-corrected chi connectivity index (χ0v) is 11.6. The van der Waals surface area contributed by atoms with Crippen molar-refractivity contribution in [2.45, 2.75) is 25.8 Å². The molecule has 1 aromatic rings. The summed E-state index contributed by atoms with van der Waals surface area (Å²) in [5, 5.41) is 2.57. The van der Waals surface area contributed by atoms with Gasteiger partial charge < -0.3 is 5.32 Å². The first-order valence-corrected chi connectivity index (χ1v) is 9.26. The minimum absolute atomic E-state index is 0.316. The van der Waals surface area contributed by atoms with E-state index >= 15 is 0 Å². The molecule has 0 bridgehead atoms. The first-order valence-electron chi connectivity index (χ1n) is 5.56. The van der Waals surface area contributed by atoms with Crippen LogP contribution in [0.2, 0.25) is 19.6 Å². The molecule has 18 heavy (non-hydrogen) atoms. The lowest BCUT2D eigenvalue weighted by molar-refractivity contribution is -0.137. The van der Waals surface area contributed by atoms with Crippen LogP contribution in [0, 0.1) is 0 Å². The highest BCUT2D eigenvalue weighted by atomic mass is 28.3. The van der Waals surface area contributed by atoms with E-state index in [2.05, 4.69) is 5.32 Å². The Hall–Kier alpha value is -1.30. The summed E-state index contributed by atoms with van der Waals surface area (Å²) < 4.78 is 38.1. The Morgan fingerprint density at radius 2 is 1.78 bits per heavy atom. The van der Waals surface area contributed by atoms with Crippen LogP contribution in [0.3, 0.4) is 0 Å². The average molecular weight is 275 g/mol. The van der Waals surface area contributed by atoms with Crippen molar-refractivity contribution in [2.24, 2.45) is 0 Å². The fourth-order valence-corrected chi connectivity index (χ4v) is 2.06. The van der Waals surface area contributed by atoms with Gasteiger partial charge in [-0.25, -0.2) is 0 Å². The number of rotatable bonds is 3. The van der Waals surface area contributed by atoms with Crippen molar-refractivity contribution < 1.29 is 18.0 Å². The second-order valence-electron chi connectivity index (χ2n) is 5.29. The number of carbonyl (C=O) groups excluding carboxylic acids is 1. The Balaban J connectivity index is 2.93. The van der Waals surface area contributed by atoms with Crippen molar-refractivity contribution in [1.29, 1.82) is 0 Å². The molecule has 0 atom stereocenters. The van der Waals surface area contributed by atoms with E-state index in [9.17, 15) is 18.0 Å². The van der Waals surface area contributed by atoms with E-state index in [4.69, 9.17) is 0 Å². The van der Waals surface area contributed by atoms with E-state index < -0.39 is 25.7 Å². The van der Waals surface area contributed by atoms with E-state index in [1.54, 1.807) is 0 Å². The summed E-state index contributed by atoms with van der Waals surface area (Å²) in [5.74, 6) is -0.662. The number of halogens is 3. The molecule has 6 heteroatoms. The maximum absolute atomic E-state index is 12.7. The van der Waals surface area contributed by atoms with Gasteiger partial charge in [0.15, 0.2) is 0 Å². The summed E-state index contributed by atoms with van der Waals surface area (Å²) in [7, 11) is -1.53. The summed E-state index contributed by atoms with van der Waals surface area (Å²) >= 11 is 0. The molecule has 1 N–H and O–H groups in total. The molecule has 2 nitrogen and oxygen atoms in total. The average Bonchev–Trinajstić information content (AvgIpc) is 2.24.